The van der Waals surface area contributed by atoms with Crippen molar-refractivity contribution in [1.82, 2.24) is 0 Å². The number of hydrogen-bond donors (Lipinski definition) is 1. The number of allylic oxidation sites excluding steroid dienone is 6. The summed E-state index contributed by atoms with van der Waals surface area (Å²) < 4.78 is 0. The van der Waals surface area contributed by atoms with Crippen LogP contribution in [-0.2, 0) is 9.59 Å². The van der Waals surface area contributed by atoms with Crippen LogP contribution in [0.3, 0.4) is 0 Å². The Morgan fingerprint density at radius 1 is 1.28 bits per heavy atom. The van der Waals surface area contributed by atoms with Gasteiger partial charge in [0.25, 0.3) is 0 Å². The van der Waals surface area contributed by atoms with Crippen molar-refractivity contribution in [2.45, 2.75) is 52.9 Å². The molecule has 2 N–H and O–H groups in total. The highest BCUT2D eigenvalue weighted by Gasteiger charge is 2.56. The summed E-state index contributed by atoms with van der Waals surface area (Å²) in [6, 6.07) is 0. The SMILES string of the molecule is CC(C(N)=O)[C@H]1CC[C@H]2[C@@H]3CCC4=CC(=O)C=C[C@]4(C)C3=CC[C@]12C. The molecule has 4 aliphatic carbocycles. The number of primary amides is 1. The minimum Gasteiger partial charge on any atom is -0.369 e. The number of ketones is 1. The highest BCUT2D eigenvalue weighted by Crippen LogP contribution is 2.64. The predicted molar refractivity (Wildman–Crippen MR) is 98.4 cm³/mol. The Kier molecular flexibility index (Phi) is 3.65. The molecule has 0 aliphatic heterocycles. The third kappa shape index (κ3) is 2.24. The number of amides is 1. The number of hydrogen-bond acceptors (Lipinski definition) is 2. The van der Waals surface area contributed by atoms with Crippen LogP contribution >= 0.6 is 0 Å². The monoisotopic (exact) mass is 339 g/mol. The summed E-state index contributed by atoms with van der Waals surface area (Å²) in [4.78, 5) is 23.6. The first-order chi connectivity index (χ1) is 11.8. The van der Waals surface area contributed by atoms with Crippen LogP contribution in [-0.4, -0.2) is 11.7 Å². The Balaban J connectivity index is 1.72. The second kappa shape index (κ2) is 5.43. The lowest BCUT2D eigenvalue weighted by atomic mass is 9.51. The maximum atomic E-state index is 11.8. The Hall–Kier alpha value is -1.64. The zero-order chi connectivity index (χ0) is 18.0. The molecule has 0 aromatic heterocycles. The van der Waals surface area contributed by atoms with Gasteiger partial charge in [-0.15, -0.1) is 0 Å². The molecule has 1 amide bonds. The Labute approximate surface area is 150 Å². The van der Waals surface area contributed by atoms with Gasteiger partial charge in [-0.3, -0.25) is 9.59 Å². The number of carbonyl (C=O) groups excluding carboxylic acids is 2. The van der Waals surface area contributed by atoms with Gasteiger partial charge in [0.05, 0.1) is 0 Å². The second-order valence-corrected chi connectivity index (χ2v) is 9.10. The van der Waals surface area contributed by atoms with E-state index in [0.717, 1.165) is 25.7 Å². The summed E-state index contributed by atoms with van der Waals surface area (Å²) in [5, 5.41) is 0. The molecule has 0 bridgehead atoms. The van der Waals surface area contributed by atoms with Gasteiger partial charge in [0.2, 0.25) is 5.91 Å². The third-order valence-corrected chi connectivity index (χ3v) is 8.07. The zero-order valence-electron chi connectivity index (χ0n) is 15.5. The summed E-state index contributed by atoms with van der Waals surface area (Å²) in [6.45, 7) is 6.68. The number of fused-ring (bicyclic) bond motifs is 5. The van der Waals surface area contributed by atoms with Crippen molar-refractivity contribution < 1.29 is 9.59 Å². The van der Waals surface area contributed by atoms with Gasteiger partial charge in [0, 0.05) is 11.3 Å². The summed E-state index contributed by atoms with van der Waals surface area (Å²) in [5.41, 5.74) is 8.54. The minimum atomic E-state index is -0.156. The third-order valence-electron chi connectivity index (χ3n) is 8.07. The van der Waals surface area contributed by atoms with Crippen LogP contribution in [0.5, 0.6) is 0 Å². The molecule has 0 radical (unpaired) electrons. The van der Waals surface area contributed by atoms with Gasteiger partial charge in [-0.2, -0.15) is 0 Å². The van der Waals surface area contributed by atoms with Crippen LogP contribution in [0.4, 0.5) is 0 Å². The fourth-order valence-electron chi connectivity index (χ4n) is 6.58. The topological polar surface area (TPSA) is 60.2 Å². The van der Waals surface area contributed by atoms with E-state index in [-0.39, 0.29) is 28.4 Å². The average Bonchev–Trinajstić information content (AvgIpc) is 2.92. The van der Waals surface area contributed by atoms with Crippen LogP contribution in [0.2, 0.25) is 0 Å². The lowest BCUT2D eigenvalue weighted by Gasteiger charge is -2.52. The molecule has 0 heterocycles. The van der Waals surface area contributed by atoms with E-state index in [0.29, 0.717) is 17.8 Å². The zero-order valence-corrected chi connectivity index (χ0v) is 15.5. The first kappa shape index (κ1) is 16.8. The number of carbonyl (C=O) groups is 2. The van der Waals surface area contributed by atoms with Crippen molar-refractivity contribution in [1.29, 1.82) is 0 Å². The van der Waals surface area contributed by atoms with Crippen LogP contribution in [0.1, 0.15) is 52.9 Å². The quantitative estimate of drug-likeness (QED) is 0.774. The normalized spacial score (nSPS) is 43.5. The average molecular weight is 339 g/mol. The molecule has 0 saturated heterocycles. The first-order valence-electron chi connectivity index (χ1n) is 9.71. The Morgan fingerprint density at radius 3 is 2.76 bits per heavy atom. The molecule has 1 unspecified atom stereocenters. The predicted octanol–water partition coefficient (Wildman–Crippen LogP) is 3.95. The molecular weight excluding hydrogens is 310 g/mol. The molecule has 134 valence electrons. The lowest BCUT2D eigenvalue weighted by Crippen LogP contribution is -2.45. The molecule has 3 nitrogen and oxygen atoms in total. The molecule has 0 aromatic carbocycles. The molecule has 25 heavy (non-hydrogen) atoms. The first-order valence-corrected chi connectivity index (χ1v) is 9.71. The van der Waals surface area contributed by atoms with Crippen molar-refractivity contribution >= 4 is 11.7 Å². The van der Waals surface area contributed by atoms with E-state index in [4.69, 9.17) is 5.73 Å². The maximum absolute atomic E-state index is 11.8. The van der Waals surface area contributed by atoms with E-state index in [1.54, 1.807) is 6.08 Å². The molecule has 4 rings (SSSR count). The molecule has 6 atom stereocenters. The second-order valence-electron chi connectivity index (χ2n) is 9.10. The minimum absolute atomic E-state index is 0.0493. The standard InChI is InChI=1S/C22H29NO2/c1-13(20(23)25)17-6-7-18-16-5-4-14-12-15(24)8-10-21(14,2)19(16)9-11-22(17,18)3/h8-10,12-13,16-18H,4-7,11H2,1-3H3,(H2,23,25)/t13?,16-,17+,18-,21-,22+/m0/s1. The highest BCUT2D eigenvalue weighted by molar-refractivity contribution is 6.01. The molecule has 3 heteroatoms. The molecule has 4 aliphatic rings. The van der Waals surface area contributed by atoms with Crippen molar-refractivity contribution in [3.63, 3.8) is 0 Å². The van der Waals surface area contributed by atoms with Gasteiger partial charge >= 0.3 is 0 Å². The van der Waals surface area contributed by atoms with Crippen LogP contribution in [0.15, 0.2) is 35.5 Å². The van der Waals surface area contributed by atoms with Gasteiger partial charge in [-0.25, -0.2) is 0 Å². The van der Waals surface area contributed by atoms with Crippen molar-refractivity contribution in [3.8, 4) is 0 Å². The van der Waals surface area contributed by atoms with Gasteiger partial charge < -0.3 is 5.73 Å². The van der Waals surface area contributed by atoms with E-state index in [1.807, 2.05) is 13.0 Å². The fraction of sp³-hybridized carbons (Fsp3) is 0.636. The van der Waals surface area contributed by atoms with E-state index >= 15 is 0 Å². The van der Waals surface area contributed by atoms with E-state index in [1.165, 1.54) is 17.6 Å². The number of nitrogens with two attached hydrogens (primary N) is 1. The van der Waals surface area contributed by atoms with Gasteiger partial charge in [0.1, 0.15) is 0 Å². The van der Waals surface area contributed by atoms with Gasteiger partial charge in [0.15, 0.2) is 5.78 Å². The molecule has 2 saturated carbocycles. The largest absolute Gasteiger partial charge is 0.369 e. The van der Waals surface area contributed by atoms with Gasteiger partial charge in [-0.05, 0) is 74.3 Å². The van der Waals surface area contributed by atoms with Crippen LogP contribution < -0.4 is 5.73 Å². The molecule has 2 fully saturated rings. The van der Waals surface area contributed by atoms with E-state index < -0.39 is 0 Å². The summed E-state index contributed by atoms with van der Waals surface area (Å²) in [5.74, 6) is 1.51. The highest BCUT2D eigenvalue weighted by atomic mass is 16.1. The Bertz CT molecular complexity index is 730. The van der Waals surface area contributed by atoms with Crippen molar-refractivity contribution in [3.05, 3.63) is 35.5 Å². The molecular formula is C22H29NO2. The molecule has 0 aromatic rings. The van der Waals surface area contributed by atoms with Gasteiger partial charge in [-0.1, -0.05) is 37.1 Å². The lowest BCUT2D eigenvalue weighted by molar-refractivity contribution is -0.124. The summed E-state index contributed by atoms with van der Waals surface area (Å²) in [6.07, 6.45) is 13.6. The van der Waals surface area contributed by atoms with E-state index in [2.05, 4.69) is 26.0 Å². The van der Waals surface area contributed by atoms with E-state index in [9.17, 15) is 9.59 Å². The summed E-state index contributed by atoms with van der Waals surface area (Å²) in [7, 11) is 0. The van der Waals surface area contributed by atoms with Crippen LogP contribution in [0.25, 0.3) is 0 Å². The fourth-order valence-corrected chi connectivity index (χ4v) is 6.58. The van der Waals surface area contributed by atoms with Crippen molar-refractivity contribution in [2.24, 2.45) is 40.2 Å². The van der Waals surface area contributed by atoms with Crippen molar-refractivity contribution in [2.75, 3.05) is 0 Å². The number of rotatable bonds is 2. The van der Waals surface area contributed by atoms with Crippen LogP contribution in [0, 0.1) is 34.5 Å². The smallest absolute Gasteiger partial charge is 0.220 e. The molecule has 0 spiro atoms. The Morgan fingerprint density at radius 2 is 2.04 bits per heavy atom. The summed E-state index contributed by atoms with van der Waals surface area (Å²) >= 11 is 0. The maximum Gasteiger partial charge on any atom is 0.220 e.